The van der Waals surface area contributed by atoms with Gasteiger partial charge in [-0.1, -0.05) is 6.92 Å². The van der Waals surface area contributed by atoms with Crippen molar-refractivity contribution in [2.45, 2.75) is 43.4 Å². The topological polar surface area (TPSA) is 64.3 Å². The van der Waals surface area contributed by atoms with Crippen molar-refractivity contribution < 1.29 is 9.53 Å². The second kappa shape index (κ2) is 6.26. The molecule has 5 heteroatoms. The monoisotopic (exact) mass is 272 g/mol. The quantitative estimate of drug-likeness (QED) is 0.729. The highest BCUT2D eigenvalue weighted by molar-refractivity contribution is 8.00. The van der Waals surface area contributed by atoms with Gasteiger partial charge in [-0.25, -0.2) is 0 Å². The van der Waals surface area contributed by atoms with Gasteiger partial charge in [-0.15, -0.1) is 0 Å². The molecule has 1 amide bonds. The van der Waals surface area contributed by atoms with Crippen LogP contribution in [0.4, 0.5) is 0 Å². The number of hydrogen-bond donors (Lipinski definition) is 2. The minimum atomic E-state index is -0.474. The summed E-state index contributed by atoms with van der Waals surface area (Å²) < 4.78 is 5.37. The molecule has 1 saturated carbocycles. The first kappa shape index (κ1) is 14.2. The van der Waals surface area contributed by atoms with E-state index in [-0.39, 0.29) is 5.91 Å². The Labute approximate surface area is 113 Å². The van der Waals surface area contributed by atoms with Gasteiger partial charge in [0.1, 0.15) is 5.54 Å². The highest BCUT2D eigenvalue weighted by Gasteiger charge is 2.49. The fourth-order valence-corrected chi connectivity index (χ4v) is 4.16. The number of primary amides is 1. The third kappa shape index (κ3) is 3.19. The summed E-state index contributed by atoms with van der Waals surface area (Å²) in [5, 5.41) is 3.99. The maximum Gasteiger partial charge on any atom is 0.238 e. The van der Waals surface area contributed by atoms with Crippen molar-refractivity contribution in [3.05, 3.63) is 0 Å². The summed E-state index contributed by atoms with van der Waals surface area (Å²) in [6.07, 6.45) is 4.45. The van der Waals surface area contributed by atoms with E-state index in [4.69, 9.17) is 10.5 Å². The van der Waals surface area contributed by atoms with Crippen molar-refractivity contribution in [2.75, 3.05) is 25.5 Å². The van der Waals surface area contributed by atoms with Crippen LogP contribution in [0, 0.1) is 5.92 Å². The Morgan fingerprint density at radius 2 is 2.06 bits per heavy atom. The lowest BCUT2D eigenvalue weighted by Gasteiger charge is -2.33. The van der Waals surface area contributed by atoms with Crippen LogP contribution in [0.25, 0.3) is 0 Å². The van der Waals surface area contributed by atoms with E-state index >= 15 is 0 Å². The van der Waals surface area contributed by atoms with E-state index in [9.17, 15) is 4.79 Å². The molecule has 1 heterocycles. The highest BCUT2D eigenvalue weighted by atomic mass is 32.2. The second-order valence-electron chi connectivity index (χ2n) is 5.26. The van der Waals surface area contributed by atoms with Gasteiger partial charge in [0.25, 0.3) is 0 Å². The van der Waals surface area contributed by atoms with E-state index < -0.39 is 5.54 Å². The van der Waals surface area contributed by atoms with Crippen molar-refractivity contribution in [1.29, 1.82) is 0 Å². The molecule has 2 rings (SSSR count). The van der Waals surface area contributed by atoms with Crippen LogP contribution >= 0.6 is 11.8 Å². The van der Waals surface area contributed by atoms with E-state index in [0.717, 1.165) is 51.2 Å². The second-order valence-corrected chi connectivity index (χ2v) is 6.55. The van der Waals surface area contributed by atoms with Gasteiger partial charge < -0.3 is 15.8 Å². The van der Waals surface area contributed by atoms with Crippen molar-refractivity contribution in [2.24, 2.45) is 11.7 Å². The molecule has 0 aromatic carbocycles. The molecule has 2 aliphatic rings. The highest BCUT2D eigenvalue weighted by Crippen LogP contribution is 2.42. The Morgan fingerprint density at radius 3 is 2.56 bits per heavy atom. The summed E-state index contributed by atoms with van der Waals surface area (Å²) in [7, 11) is 0. The fraction of sp³-hybridized carbons (Fsp3) is 0.923. The van der Waals surface area contributed by atoms with E-state index in [2.05, 4.69) is 5.32 Å². The summed E-state index contributed by atoms with van der Waals surface area (Å²) >= 11 is 1.90. The molecular formula is C13H24N2O2S. The first-order valence-corrected chi connectivity index (χ1v) is 7.98. The summed E-state index contributed by atoms with van der Waals surface area (Å²) in [5.74, 6) is 1.08. The van der Waals surface area contributed by atoms with Crippen LogP contribution in [0.2, 0.25) is 0 Å². The molecule has 0 spiro atoms. The largest absolute Gasteiger partial charge is 0.381 e. The van der Waals surface area contributed by atoms with Crippen LogP contribution in [-0.2, 0) is 9.53 Å². The molecule has 0 aromatic rings. The number of nitrogens with two attached hydrogens (primary N) is 1. The number of ether oxygens (including phenoxy) is 1. The van der Waals surface area contributed by atoms with Crippen molar-refractivity contribution >= 4 is 17.7 Å². The van der Waals surface area contributed by atoms with Crippen LogP contribution in [0.15, 0.2) is 0 Å². The predicted octanol–water partition coefficient (Wildman–Crippen LogP) is 1.14. The van der Waals surface area contributed by atoms with Crippen LogP contribution in [0.3, 0.4) is 0 Å². The lowest BCUT2D eigenvalue weighted by atomic mass is 9.94. The number of nitrogens with one attached hydrogen (secondary N) is 1. The van der Waals surface area contributed by atoms with E-state index in [1.165, 1.54) is 0 Å². The van der Waals surface area contributed by atoms with E-state index in [1.54, 1.807) is 0 Å². The third-order valence-corrected chi connectivity index (χ3v) is 5.49. The number of rotatable bonds is 7. The summed E-state index contributed by atoms with van der Waals surface area (Å²) in [6, 6.07) is 0. The Morgan fingerprint density at radius 1 is 1.39 bits per heavy atom. The smallest absolute Gasteiger partial charge is 0.238 e. The molecule has 1 aliphatic carbocycles. The third-order valence-electron chi connectivity index (χ3n) is 3.92. The lowest BCUT2D eigenvalue weighted by molar-refractivity contribution is -0.124. The molecule has 18 heavy (non-hydrogen) atoms. The zero-order valence-electron chi connectivity index (χ0n) is 11.1. The van der Waals surface area contributed by atoms with Crippen molar-refractivity contribution in [3.63, 3.8) is 0 Å². The zero-order chi connectivity index (χ0) is 13.0. The van der Waals surface area contributed by atoms with E-state index in [0.29, 0.717) is 11.2 Å². The molecule has 104 valence electrons. The number of amides is 1. The Hall–Kier alpha value is -0.260. The maximum atomic E-state index is 11.9. The minimum Gasteiger partial charge on any atom is -0.381 e. The van der Waals surface area contributed by atoms with Gasteiger partial charge >= 0.3 is 0 Å². The van der Waals surface area contributed by atoms with Crippen LogP contribution in [-0.4, -0.2) is 42.2 Å². The van der Waals surface area contributed by atoms with Gasteiger partial charge in [0.15, 0.2) is 0 Å². The van der Waals surface area contributed by atoms with Gasteiger partial charge in [0.2, 0.25) is 5.91 Å². The molecule has 1 saturated heterocycles. The molecule has 1 aliphatic heterocycles. The minimum absolute atomic E-state index is 0.175. The molecule has 1 atom stereocenters. The molecular weight excluding hydrogens is 248 g/mol. The fourth-order valence-electron chi connectivity index (χ4n) is 2.66. The molecule has 0 bridgehead atoms. The Balaban J connectivity index is 1.93. The normalized spacial score (nSPS) is 24.7. The van der Waals surface area contributed by atoms with Crippen LogP contribution in [0.1, 0.15) is 32.6 Å². The lowest BCUT2D eigenvalue weighted by Crippen LogP contribution is -2.59. The molecule has 1 unspecified atom stereocenters. The zero-order valence-corrected chi connectivity index (χ0v) is 11.9. The van der Waals surface area contributed by atoms with Crippen LogP contribution < -0.4 is 11.1 Å². The first-order valence-electron chi connectivity index (χ1n) is 6.93. The molecule has 4 nitrogen and oxygen atoms in total. The van der Waals surface area contributed by atoms with Gasteiger partial charge in [-0.2, -0.15) is 11.8 Å². The van der Waals surface area contributed by atoms with Crippen molar-refractivity contribution in [3.8, 4) is 0 Å². The number of carbonyl (C=O) groups is 1. The first-order chi connectivity index (χ1) is 8.69. The number of thioether (sulfide) groups is 1. The average Bonchev–Trinajstić information content (AvgIpc) is 3.20. The standard InChI is InChI=1S/C13H24N2O2S/c1-2-15-13(12(14)16,10-3-4-10)9-18-11-5-7-17-8-6-11/h10-11,15H,2-9H2,1H3,(H2,14,16). The predicted molar refractivity (Wildman–Crippen MR) is 74.6 cm³/mol. The van der Waals surface area contributed by atoms with Crippen molar-refractivity contribution in [1.82, 2.24) is 5.32 Å². The number of likely N-dealkylation sites (N-methyl/N-ethyl adjacent to an activating group) is 1. The molecule has 0 radical (unpaired) electrons. The number of carbonyl (C=O) groups excluding carboxylic acids is 1. The molecule has 3 N–H and O–H groups in total. The van der Waals surface area contributed by atoms with Gasteiger partial charge in [0, 0.05) is 24.2 Å². The maximum absolute atomic E-state index is 11.9. The van der Waals surface area contributed by atoms with Gasteiger partial charge in [-0.3, -0.25) is 4.79 Å². The number of hydrogen-bond acceptors (Lipinski definition) is 4. The van der Waals surface area contributed by atoms with E-state index in [1.807, 2.05) is 18.7 Å². The van der Waals surface area contributed by atoms with Gasteiger partial charge in [-0.05, 0) is 38.1 Å². The van der Waals surface area contributed by atoms with Gasteiger partial charge in [0.05, 0.1) is 0 Å². The SMILES string of the molecule is CCNC(CSC1CCOCC1)(C(N)=O)C1CC1. The average molecular weight is 272 g/mol. The van der Waals surface area contributed by atoms with Crippen LogP contribution in [0.5, 0.6) is 0 Å². The molecule has 2 fully saturated rings. The summed E-state index contributed by atoms with van der Waals surface area (Å²) in [4.78, 5) is 11.9. The summed E-state index contributed by atoms with van der Waals surface area (Å²) in [5.41, 5.74) is 5.20. The Kier molecular flexibility index (Phi) is 4.92. The Bertz CT molecular complexity index is 291. The summed E-state index contributed by atoms with van der Waals surface area (Å²) in [6.45, 7) is 4.55. The molecule has 0 aromatic heterocycles.